The highest BCUT2D eigenvalue weighted by atomic mass is 32.2. The van der Waals surface area contributed by atoms with Gasteiger partial charge in [-0.05, 0) is 36.2 Å². The van der Waals surface area contributed by atoms with E-state index >= 15 is 0 Å². The zero-order chi connectivity index (χ0) is 17.6. The maximum Gasteiger partial charge on any atom is 0.332 e. The number of rotatable bonds is 8. The number of benzene rings is 2. The molecule has 2 aromatic carbocycles. The Balaban J connectivity index is 2.02. The van der Waals surface area contributed by atoms with E-state index in [1.54, 1.807) is 36.4 Å². The van der Waals surface area contributed by atoms with E-state index in [2.05, 4.69) is 0 Å². The van der Waals surface area contributed by atoms with E-state index in [9.17, 15) is 18.3 Å². The van der Waals surface area contributed by atoms with Crippen LogP contribution in [0, 0.1) is 0 Å². The summed E-state index contributed by atoms with van der Waals surface area (Å²) < 4.78 is 29.8. The quantitative estimate of drug-likeness (QED) is 0.757. The molecule has 0 aromatic heterocycles. The Morgan fingerprint density at radius 2 is 1.71 bits per heavy atom. The Morgan fingerprint density at radius 3 is 2.38 bits per heavy atom. The molecule has 0 amide bonds. The first-order chi connectivity index (χ1) is 11.4. The Morgan fingerprint density at radius 1 is 1.04 bits per heavy atom. The van der Waals surface area contributed by atoms with E-state index in [1.165, 1.54) is 0 Å². The molecule has 0 bridgehead atoms. The van der Waals surface area contributed by atoms with E-state index in [4.69, 9.17) is 9.84 Å². The number of aliphatic carboxylic acids is 1. The summed E-state index contributed by atoms with van der Waals surface area (Å²) in [4.78, 5) is 10.5. The highest BCUT2D eigenvalue weighted by Crippen LogP contribution is 2.22. The molecule has 0 fully saturated rings. The van der Waals surface area contributed by atoms with Gasteiger partial charge in [-0.1, -0.05) is 30.3 Å². The minimum atomic E-state index is -3.53. The lowest BCUT2D eigenvalue weighted by Gasteiger charge is -2.09. The summed E-state index contributed by atoms with van der Waals surface area (Å²) in [5.74, 6) is -0.916. The molecule has 2 N–H and O–H groups in total. The Labute approximate surface area is 140 Å². The summed E-state index contributed by atoms with van der Waals surface area (Å²) in [5, 5.41) is 17.8. The van der Waals surface area contributed by atoms with Gasteiger partial charge in [0, 0.05) is 0 Å². The first-order valence-corrected chi connectivity index (χ1v) is 9.11. The highest BCUT2D eigenvalue weighted by molar-refractivity contribution is 7.90. The van der Waals surface area contributed by atoms with Crippen LogP contribution in [-0.2, 0) is 20.4 Å². The van der Waals surface area contributed by atoms with Crippen molar-refractivity contribution in [1.29, 1.82) is 0 Å². The normalized spacial score (nSPS) is 12.5. The minimum Gasteiger partial charge on any atom is -0.479 e. The van der Waals surface area contributed by atoms with Crippen LogP contribution in [0.25, 0.3) is 0 Å². The minimum absolute atomic E-state index is 0.245. The van der Waals surface area contributed by atoms with Gasteiger partial charge in [-0.2, -0.15) is 0 Å². The van der Waals surface area contributed by atoms with Gasteiger partial charge in [-0.25, -0.2) is 13.2 Å². The number of carbonyl (C=O) groups is 1. The first kappa shape index (κ1) is 18.0. The van der Waals surface area contributed by atoms with Crippen molar-refractivity contribution in [2.75, 3.05) is 5.75 Å². The second kappa shape index (κ2) is 7.94. The van der Waals surface area contributed by atoms with Crippen LogP contribution in [0.5, 0.6) is 11.5 Å². The molecule has 0 aliphatic rings. The number of aliphatic hydroxyl groups excluding tert-OH is 1. The molecule has 0 spiro atoms. The van der Waals surface area contributed by atoms with Gasteiger partial charge in [0.05, 0.1) is 11.5 Å². The number of sulfone groups is 1. The van der Waals surface area contributed by atoms with E-state index in [1.807, 2.05) is 18.2 Å². The average molecular weight is 350 g/mol. The van der Waals surface area contributed by atoms with E-state index in [-0.39, 0.29) is 12.2 Å². The van der Waals surface area contributed by atoms with Crippen LogP contribution in [0.2, 0.25) is 0 Å². The summed E-state index contributed by atoms with van der Waals surface area (Å²) in [7, 11) is -3.53. The summed E-state index contributed by atoms with van der Waals surface area (Å²) >= 11 is 0. The van der Waals surface area contributed by atoms with Crippen LogP contribution in [0.3, 0.4) is 0 Å². The standard InChI is InChI=1S/C17H18O6S/c18-16(17(19)20)9-10-24(21,22)12-13-5-4-8-15(11-13)23-14-6-2-1-3-7-14/h1-8,11,16,18H,9-10,12H2,(H,19,20). The van der Waals surface area contributed by atoms with Gasteiger partial charge in [-0.3, -0.25) is 0 Å². The predicted octanol–water partition coefficient (Wildman–Crippen LogP) is 2.23. The maximum atomic E-state index is 12.1. The molecular weight excluding hydrogens is 332 g/mol. The fourth-order valence-electron chi connectivity index (χ4n) is 2.06. The second-order valence-corrected chi connectivity index (χ2v) is 7.48. The first-order valence-electron chi connectivity index (χ1n) is 7.29. The Bertz CT molecular complexity index is 786. The van der Waals surface area contributed by atoms with Crippen LogP contribution in [0.4, 0.5) is 0 Å². The van der Waals surface area contributed by atoms with Crippen molar-refractivity contribution in [3.05, 3.63) is 60.2 Å². The van der Waals surface area contributed by atoms with Crippen molar-refractivity contribution >= 4 is 15.8 Å². The second-order valence-electron chi connectivity index (χ2n) is 5.30. The van der Waals surface area contributed by atoms with Crippen LogP contribution >= 0.6 is 0 Å². The molecule has 0 aliphatic heterocycles. The van der Waals surface area contributed by atoms with Crippen molar-refractivity contribution in [3.8, 4) is 11.5 Å². The molecule has 0 aliphatic carbocycles. The molecule has 0 heterocycles. The van der Waals surface area contributed by atoms with Crippen LogP contribution in [0.1, 0.15) is 12.0 Å². The summed E-state index contributed by atoms with van der Waals surface area (Å²) in [6, 6.07) is 15.8. The van der Waals surface area contributed by atoms with Crippen molar-refractivity contribution in [2.45, 2.75) is 18.3 Å². The smallest absolute Gasteiger partial charge is 0.332 e. The highest BCUT2D eigenvalue weighted by Gasteiger charge is 2.19. The van der Waals surface area contributed by atoms with Gasteiger partial charge in [0.1, 0.15) is 11.5 Å². The van der Waals surface area contributed by atoms with Gasteiger partial charge in [0.15, 0.2) is 15.9 Å². The fourth-order valence-corrected chi connectivity index (χ4v) is 3.48. The number of carboxylic acid groups (broad SMARTS) is 1. The van der Waals surface area contributed by atoms with E-state index in [0.717, 1.165) is 0 Å². The predicted molar refractivity (Wildman–Crippen MR) is 88.7 cm³/mol. The number of hydrogen-bond acceptors (Lipinski definition) is 5. The Hall–Kier alpha value is -2.38. The van der Waals surface area contributed by atoms with Gasteiger partial charge >= 0.3 is 5.97 Å². The molecule has 1 atom stereocenters. The number of para-hydroxylation sites is 1. The van der Waals surface area contributed by atoms with Crippen LogP contribution in [0.15, 0.2) is 54.6 Å². The van der Waals surface area contributed by atoms with E-state index < -0.39 is 27.7 Å². The number of ether oxygens (including phenoxy) is 1. The number of hydrogen-bond donors (Lipinski definition) is 2. The lowest BCUT2D eigenvalue weighted by atomic mass is 10.2. The summed E-state index contributed by atoms with van der Waals surface area (Å²) in [5.41, 5.74) is 0.535. The molecule has 1 unspecified atom stereocenters. The topological polar surface area (TPSA) is 101 Å². The molecule has 6 nitrogen and oxygen atoms in total. The van der Waals surface area contributed by atoms with Crippen molar-refractivity contribution in [2.24, 2.45) is 0 Å². The summed E-state index contributed by atoms with van der Waals surface area (Å²) in [6.07, 6.45) is -2.01. The van der Waals surface area contributed by atoms with E-state index in [0.29, 0.717) is 17.1 Å². The fraction of sp³-hybridized carbons (Fsp3) is 0.235. The zero-order valence-electron chi connectivity index (χ0n) is 12.8. The molecule has 0 radical (unpaired) electrons. The molecular formula is C17H18O6S. The van der Waals surface area contributed by atoms with Crippen molar-refractivity contribution in [3.63, 3.8) is 0 Å². The van der Waals surface area contributed by atoms with Crippen molar-refractivity contribution < 1.29 is 28.2 Å². The zero-order valence-corrected chi connectivity index (χ0v) is 13.6. The molecule has 24 heavy (non-hydrogen) atoms. The van der Waals surface area contributed by atoms with Gasteiger partial charge in [0.25, 0.3) is 0 Å². The molecule has 0 saturated heterocycles. The lowest BCUT2D eigenvalue weighted by molar-refractivity contribution is -0.146. The van der Waals surface area contributed by atoms with Crippen molar-refractivity contribution in [1.82, 2.24) is 0 Å². The SMILES string of the molecule is O=C(O)C(O)CCS(=O)(=O)Cc1cccc(Oc2ccccc2)c1. The third-order valence-electron chi connectivity index (χ3n) is 3.25. The Kier molecular flexibility index (Phi) is 5.94. The largest absolute Gasteiger partial charge is 0.479 e. The molecule has 7 heteroatoms. The maximum absolute atomic E-state index is 12.1. The van der Waals surface area contributed by atoms with Gasteiger partial charge < -0.3 is 14.9 Å². The monoisotopic (exact) mass is 350 g/mol. The van der Waals surface area contributed by atoms with Crippen LogP contribution < -0.4 is 4.74 Å². The average Bonchev–Trinajstić information content (AvgIpc) is 2.53. The molecule has 128 valence electrons. The van der Waals surface area contributed by atoms with Crippen LogP contribution in [-0.4, -0.2) is 36.5 Å². The molecule has 0 saturated carbocycles. The molecule has 2 rings (SSSR count). The number of carboxylic acids is 1. The lowest BCUT2D eigenvalue weighted by Crippen LogP contribution is -2.23. The number of aliphatic hydroxyl groups is 1. The van der Waals surface area contributed by atoms with Gasteiger partial charge in [-0.15, -0.1) is 0 Å². The molecule has 2 aromatic rings. The van der Waals surface area contributed by atoms with Gasteiger partial charge in [0.2, 0.25) is 0 Å². The summed E-state index contributed by atoms with van der Waals surface area (Å²) in [6.45, 7) is 0. The third kappa shape index (κ3) is 5.68. The third-order valence-corrected chi connectivity index (χ3v) is 4.88.